The molecule has 7 heteroatoms. The highest BCUT2D eigenvalue weighted by Crippen LogP contribution is 2.52. The molecule has 1 aliphatic heterocycles. The van der Waals surface area contributed by atoms with Crippen molar-refractivity contribution in [2.24, 2.45) is 5.41 Å². The first-order valence-corrected chi connectivity index (χ1v) is 14.0. The smallest absolute Gasteiger partial charge is 0.232 e. The van der Waals surface area contributed by atoms with Crippen LogP contribution in [0.5, 0.6) is 17.2 Å². The first kappa shape index (κ1) is 25.8. The van der Waals surface area contributed by atoms with Gasteiger partial charge >= 0.3 is 0 Å². The Morgan fingerprint density at radius 3 is 2.55 bits per heavy atom. The van der Waals surface area contributed by atoms with Crippen LogP contribution in [0.4, 0.5) is 5.13 Å². The fourth-order valence-electron chi connectivity index (χ4n) is 5.24. The molecule has 1 N–H and O–H groups in total. The van der Waals surface area contributed by atoms with E-state index in [2.05, 4.69) is 34.6 Å². The Kier molecular flexibility index (Phi) is 6.82. The maximum atomic E-state index is 13.8. The van der Waals surface area contributed by atoms with Gasteiger partial charge in [-0.1, -0.05) is 68.4 Å². The molecule has 200 valence electrons. The lowest BCUT2D eigenvalue weighted by Gasteiger charge is -2.38. The van der Waals surface area contributed by atoms with Gasteiger partial charge in [0.1, 0.15) is 17.2 Å². The average molecular weight is 548 g/mol. The number of ether oxygens (including phenoxy) is 2. The monoisotopic (exact) mass is 547 g/mol. The van der Waals surface area contributed by atoms with Gasteiger partial charge in [0.25, 0.3) is 0 Å². The van der Waals surface area contributed by atoms with Crippen LogP contribution >= 0.6 is 11.3 Å². The van der Waals surface area contributed by atoms with Crippen LogP contribution in [0, 0.1) is 5.41 Å². The topological polar surface area (TPSA) is 73.3 Å². The van der Waals surface area contributed by atoms with Gasteiger partial charge in [0.15, 0.2) is 5.13 Å². The number of thiazole rings is 1. The number of pyridine rings is 1. The van der Waals surface area contributed by atoms with Gasteiger partial charge < -0.3 is 14.8 Å². The van der Waals surface area contributed by atoms with Gasteiger partial charge in [-0.15, -0.1) is 11.3 Å². The third-order valence-electron chi connectivity index (χ3n) is 7.39. The van der Waals surface area contributed by atoms with Crippen molar-refractivity contribution in [1.29, 1.82) is 0 Å². The number of amides is 1. The minimum absolute atomic E-state index is 0.0994. The van der Waals surface area contributed by atoms with Crippen LogP contribution in [0.1, 0.15) is 42.1 Å². The van der Waals surface area contributed by atoms with Crippen molar-refractivity contribution in [3.8, 4) is 28.4 Å². The summed E-state index contributed by atoms with van der Waals surface area (Å²) in [6, 6.07) is 26.1. The SMILES string of the molecule is COc1ccc2c(c1)Oc1ccccc1[C@@H]2C(C)(C)C(=O)Nc1nc(Cc2ccc(-c3cccnc3)cc2)cs1. The number of para-hydroxylation sites is 1. The molecule has 0 saturated heterocycles. The van der Waals surface area contributed by atoms with E-state index in [0.29, 0.717) is 23.1 Å². The molecule has 0 bridgehead atoms. The second-order valence-corrected chi connectivity index (χ2v) is 11.3. The highest BCUT2D eigenvalue weighted by Gasteiger charge is 2.43. The average Bonchev–Trinajstić information content (AvgIpc) is 3.42. The Labute approximate surface area is 237 Å². The van der Waals surface area contributed by atoms with Gasteiger partial charge in [-0.25, -0.2) is 4.98 Å². The summed E-state index contributed by atoms with van der Waals surface area (Å²) in [5.74, 6) is 1.85. The van der Waals surface area contributed by atoms with E-state index in [9.17, 15) is 4.79 Å². The van der Waals surface area contributed by atoms with Crippen molar-refractivity contribution < 1.29 is 14.3 Å². The van der Waals surface area contributed by atoms with Gasteiger partial charge in [0.05, 0.1) is 18.2 Å². The van der Waals surface area contributed by atoms with Crippen LogP contribution in [-0.4, -0.2) is 23.0 Å². The molecular formula is C33H29N3O3S. The third kappa shape index (κ3) is 4.96. The molecule has 2 aromatic heterocycles. The molecule has 0 spiro atoms. The summed E-state index contributed by atoms with van der Waals surface area (Å²) >= 11 is 1.44. The number of methoxy groups -OCH3 is 1. The number of carbonyl (C=O) groups excluding carboxylic acids is 1. The van der Waals surface area contributed by atoms with E-state index in [1.165, 1.54) is 11.3 Å². The highest BCUT2D eigenvalue weighted by molar-refractivity contribution is 7.13. The number of nitrogens with one attached hydrogen (secondary N) is 1. The number of anilines is 1. The molecule has 3 heterocycles. The third-order valence-corrected chi connectivity index (χ3v) is 8.20. The summed E-state index contributed by atoms with van der Waals surface area (Å²) in [4.78, 5) is 22.7. The Morgan fingerprint density at radius 2 is 1.77 bits per heavy atom. The molecule has 0 unspecified atom stereocenters. The number of carbonyl (C=O) groups is 1. The Bertz CT molecular complexity index is 1660. The van der Waals surface area contributed by atoms with Crippen LogP contribution in [0.15, 0.2) is 96.6 Å². The Morgan fingerprint density at radius 1 is 0.975 bits per heavy atom. The number of rotatable bonds is 7. The molecule has 0 fully saturated rings. The number of benzene rings is 3. The number of hydrogen-bond donors (Lipinski definition) is 1. The van der Waals surface area contributed by atoms with Crippen LogP contribution in [-0.2, 0) is 11.2 Å². The predicted octanol–water partition coefficient (Wildman–Crippen LogP) is 7.71. The Hall–Kier alpha value is -4.49. The summed E-state index contributed by atoms with van der Waals surface area (Å²) in [7, 11) is 1.63. The summed E-state index contributed by atoms with van der Waals surface area (Å²) in [6.07, 6.45) is 4.32. The van der Waals surface area contributed by atoms with E-state index < -0.39 is 5.41 Å². The molecule has 1 amide bonds. The number of hydrogen-bond acceptors (Lipinski definition) is 6. The molecule has 5 aromatic rings. The zero-order chi connectivity index (χ0) is 27.7. The second-order valence-electron chi connectivity index (χ2n) is 10.4. The minimum Gasteiger partial charge on any atom is -0.497 e. The highest BCUT2D eigenvalue weighted by atomic mass is 32.1. The molecule has 40 heavy (non-hydrogen) atoms. The van der Waals surface area contributed by atoms with Gasteiger partial charge in [0.2, 0.25) is 5.91 Å². The lowest BCUT2D eigenvalue weighted by Crippen LogP contribution is -2.38. The second kappa shape index (κ2) is 10.6. The van der Waals surface area contributed by atoms with Gasteiger partial charge in [0, 0.05) is 47.3 Å². The van der Waals surface area contributed by atoms with E-state index in [-0.39, 0.29) is 11.8 Å². The molecule has 6 rings (SSSR count). The van der Waals surface area contributed by atoms with Crippen LogP contribution in [0.3, 0.4) is 0 Å². The largest absolute Gasteiger partial charge is 0.497 e. The quantitative estimate of drug-likeness (QED) is 0.226. The number of nitrogens with zero attached hydrogens (tertiary/aromatic N) is 2. The van der Waals surface area contributed by atoms with Crippen molar-refractivity contribution in [1.82, 2.24) is 9.97 Å². The molecule has 3 aromatic carbocycles. The molecular weight excluding hydrogens is 518 g/mol. The Balaban J connectivity index is 1.20. The molecule has 0 aliphatic carbocycles. The molecule has 1 atom stereocenters. The summed E-state index contributed by atoms with van der Waals surface area (Å²) in [5, 5.41) is 5.69. The molecule has 1 aliphatic rings. The van der Waals surface area contributed by atoms with Gasteiger partial charge in [-0.2, -0.15) is 0 Å². The van der Waals surface area contributed by atoms with Crippen LogP contribution in [0.2, 0.25) is 0 Å². The standard InChI is InChI=1S/C33H29N3O3S/c1-33(2,30-26-8-4-5-9-28(26)39-29-18-25(38-3)14-15-27(29)30)31(37)36-32-35-24(20-40-32)17-21-10-12-22(13-11-21)23-7-6-16-34-19-23/h4-16,18-20,30H,17H2,1-3H3,(H,35,36,37)/t30-/m0/s1. The van der Waals surface area contributed by atoms with Crippen molar-refractivity contribution in [3.63, 3.8) is 0 Å². The van der Waals surface area contributed by atoms with E-state index in [4.69, 9.17) is 14.5 Å². The lowest BCUT2D eigenvalue weighted by molar-refractivity contribution is -0.124. The van der Waals surface area contributed by atoms with E-state index in [1.54, 1.807) is 13.3 Å². The number of fused-ring (bicyclic) bond motifs is 2. The molecule has 0 saturated carbocycles. The zero-order valence-electron chi connectivity index (χ0n) is 22.5. The fraction of sp³-hybridized carbons (Fsp3) is 0.182. The molecule has 6 nitrogen and oxygen atoms in total. The first-order valence-electron chi connectivity index (χ1n) is 13.1. The van der Waals surface area contributed by atoms with Crippen molar-refractivity contribution >= 4 is 22.4 Å². The van der Waals surface area contributed by atoms with Crippen molar-refractivity contribution in [2.75, 3.05) is 12.4 Å². The number of aromatic nitrogens is 2. The summed E-state index contributed by atoms with van der Waals surface area (Å²) in [6.45, 7) is 3.95. The maximum absolute atomic E-state index is 13.8. The van der Waals surface area contributed by atoms with Gasteiger partial charge in [-0.3, -0.25) is 9.78 Å². The van der Waals surface area contributed by atoms with Crippen molar-refractivity contribution in [2.45, 2.75) is 26.2 Å². The normalized spacial score (nSPS) is 14.0. The van der Waals surface area contributed by atoms with E-state index in [0.717, 1.165) is 39.3 Å². The van der Waals surface area contributed by atoms with E-state index >= 15 is 0 Å². The molecule has 0 radical (unpaired) electrons. The zero-order valence-corrected chi connectivity index (χ0v) is 23.4. The summed E-state index contributed by atoms with van der Waals surface area (Å²) < 4.78 is 11.6. The predicted molar refractivity (Wildman–Crippen MR) is 158 cm³/mol. The lowest BCUT2D eigenvalue weighted by atomic mass is 9.69. The van der Waals surface area contributed by atoms with Crippen LogP contribution in [0.25, 0.3) is 11.1 Å². The minimum atomic E-state index is -0.794. The van der Waals surface area contributed by atoms with Gasteiger partial charge in [-0.05, 0) is 34.9 Å². The fourth-order valence-corrected chi connectivity index (χ4v) is 5.94. The van der Waals surface area contributed by atoms with Crippen LogP contribution < -0.4 is 14.8 Å². The van der Waals surface area contributed by atoms with Crippen molar-refractivity contribution in [3.05, 3.63) is 119 Å². The van der Waals surface area contributed by atoms with E-state index in [1.807, 2.05) is 80.0 Å². The maximum Gasteiger partial charge on any atom is 0.232 e. The summed E-state index contributed by atoms with van der Waals surface area (Å²) in [5.41, 5.74) is 5.42. The first-order chi connectivity index (χ1) is 19.4.